The van der Waals surface area contributed by atoms with Crippen molar-refractivity contribution >= 4 is 57.7 Å². The van der Waals surface area contributed by atoms with E-state index in [0.29, 0.717) is 73.5 Å². The van der Waals surface area contributed by atoms with Crippen molar-refractivity contribution in [2.45, 2.75) is 25.7 Å². The van der Waals surface area contributed by atoms with Crippen LogP contribution in [0.15, 0.2) is 40.9 Å². The van der Waals surface area contributed by atoms with E-state index in [4.69, 9.17) is 20.8 Å². The fraction of sp³-hybridized carbons (Fsp3) is 0.414. The molecule has 11 nitrogen and oxygen atoms in total. The van der Waals surface area contributed by atoms with Gasteiger partial charge in [-0.3, -0.25) is 19.2 Å². The molecular formula is C29H32ClN5O6. The minimum Gasteiger partial charge on any atom is -0.449 e. The molecule has 1 saturated heterocycles. The maximum atomic E-state index is 13.5. The lowest BCUT2D eigenvalue weighted by molar-refractivity contribution is -0.141. The van der Waals surface area contributed by atoms with Gasteiger partial charge in [0.25, 0.3) is 11.8 Å². The van der Waals surface area contributed by atoms with Crippen molar-refractivity contribution in [2.75, 3.05) is 51.0 Å². The van der Waals surface area contributed by atoms with Crippen LogP contribution < -0.4 is 10.6 Å². The second-order valence-electron chi connectivity index (χ2n) is 10.5. The van der Waals surface area contributed by atoms with Gasteiger partial charge in [-0.1, -0.05) is 11.6 Å². The van der Waals surface area contributed by atoms with Gasteiger partial charge in [0.15, 0.2) is 0 Å². The van der Waals surface area contributed by atoms with Crippen LogP contribution in [0.25, 0.3) is 11.0 Å². The molecule has 4 amide bonds. The first kappa shape index (κ1) is 28.6. The fourth-order valence-corrected chi connectivity index (χ4v) is 5.38. The van der Waals surface area contributed by atoms with Gasteiger partial charge in [0.1, 0.15) is 17.1 Å². The normalized spacial score (nSPS) is 19.0. The van der Waals surface area contributed by atoms with Gasteiger partial charge in [0, 0.05) is 56.2 Å². The van der Waals surface area contributed by atoms with Crippen molar-refractivity contribution in [3.63, 3.8) is 0 Å². The predicted molar refractivity (Wildman–Crippen MR) is 153 cm³/mol. The number of carbonyl (C=O) groups excluding carboxylic acids is 4. The molecule has 2 fully saturated rings. The van der Waals surface area contributed by atoms with E-state index in [1.54, 1.807) is 44.4 Å². The largest absolute Gasteiger partial charge is 0.449 e. The van der Waals surface area contributed by atoms with Crippen molar-refractivity contribution < 1.29 is 28.3 Å². The van der Waals surface area contributed by atoms with Gasteiger partial charge >= 0.3 is 0 Å². The molecule has 0 unspecified atom stereocenters. The summed E-state index contributed by atoms with van der Waals surface area (Å²) in [6.45, 7) is 2.30. The average molecular weight is 582 g/mol. The number of aromatic nitrogens is 1. The highest BCUT2D eigenvalue weighted by Gasteiger charge is 2.34. The zero-order chi connectivity index (χ0) is 29.1. The monoisotopic (exact) mass is 581 g/mol. The molecule has 0 spiro atoms. The van der Waals surface area contributed by atoms with Gasteiger partial charge < -0.3 is 29.6 Å². The molecule has 1 saturated carbocycles. The standard InChI is InChI=1S/C29H32ClN5O6/c1-34(2)28(38)19-7-9-22-21(15-19)24(25(41-22)27(37)32-23-10-8-20(30)16-31-23)33-26(36)17-3-5-18(6-4-17)29(39)35-11-13-40-14-12-35/h7-10,15-18H,3-6,11-14H2,1-2H3,(H,33,36)(H,31,32,37). The van der Waals surface area contributed by atoms with Crippen molar-refractivity contribution in [1.82, 2.24) is 14.8 Å². The van der Waals surface area contributed by atoms with E-state index in [2.05, 4.69) is 15.6 Å². The zero-order valence-corrected chi connectivity index (χ0v) is 23.7. The number of ether oxygens (including phenoxy) is 1. The number of hydrogen-bond acceptors (Lipinski definition) is 7. The number of anilines is 2. The maximum Gasteiger partial charge on any atom is 0.294 e. The average Bonchev–Trinajstić information content (AvgIpc) is 3.35. The van der Waals surface area contributed by atoms with Crippen LogP contribution in [0.2, 0.25) is 5.02 Å². The molecule has 1 aliphatic carbocycles. The number of pyridine rings is 1. The first-order valence-corrected chi connectivity index (χ1v) is 14.0. The van der Waals surface area contributed by atoms with Gasteiger partial charge in [0.2, 0.25) is 17.6 Å². The summed E-state index contributed by atoms with van der Waals surface area (Å²) in [4.78, 5) is 59.7. The van der Waals surface area contributed by atoms with Gasteiger partial charge in [-0.25, -0.2) is 4.98 Å². The molecule has 2 aliphatic rings. The molecule has 0 atom stereocenters. The third-order valence-corrected chi connectivity index (χ3v) is 7.76. The van der Waals surface area contributed by atoms with E-state index >= 15 is 0 Å². The molecular weight excluding hydrogens is 550 g/mol. The Balaban J connectivity index is 1.37. The van der Waals surface area contributed by atoms with Crippen LogP contribution in [0.5, 0.6) is 0 Å². The summed E-state index contributed by atoms with van der Waals surface area (Å²) in [6.07, 6.45) is 3.71. The zero-order valence-electron chi connectivity index (χ0n) is 22.9. The molecule has 0 radical (unpaired) electrons. The number of morpholine rings is 1. The lowest BCUT2D eigenvalue weighted by Crippen LogP contribution is -2.44. The van der Waals surface area contributed by atoms with Crippen molar-refractivity contribution in [1.29, 1.82) is 0 Å². The van der Waals surface area contributed by atoms with Crippen LogP contribution in [0.4, 0.5) is 11.5 Å². The highest BCUT2D eigenvalue weighted by molar-refractivity contribution is 6.30. The molecule has 2 N–H and O–H groups in total. The molecule has 1 aliphatic heterocycles. The Labute approximate surface area is 242 Å². The third kappa shape index (κ3) is 6.36. The first-order chi connectivity index (χ1) is 19.7. The number of benzene rings is 1. The van der Waals surface area contributed by atoms with Crippen LogP contribution in [0, 0.1) is 11.8 Å². The Morgan fingerprint density at radius 1 is 0.976 bits per heavy atom. The molecule has 0 bridgehead atoms. The first-order valence-electron chi connectivity index (χ1n) is 13.6. The summed E-state index contributed by atoms with van der Waals surface area (Å²) in [7, 11) is 3.28. The number of nitrogens with one attached hydrogen (secondary N) is 2. The summed E-state index contributed by atoms with van der Waals surface area (Å²) in [6, 6.07) is 7.94. The summed E-state index contributed by atoms with van der Waals surface area (Å²) in [5, 5.41) is 6.42. The van der Waals surface area contributed by atoms with Gasteiger partial charge in [0.05, 0.1) is 18.2 Å². The van der Waals surface area contributed by atoms with E-state index in [0.717, 1.165) is 0 Å². The molecule has 3 aromatic rings. The Morgan fingerprint density at radius 2 is 1.68 bits per heavy atom. The van der Waals surface area contributed by atoms with Gasteiger partial charge in [-0.15, -0.1) is 0 Å². The lowest BCUT2D eigenvalue weighted by atomic mass is 9.80. The van der Waals surface area contributed by atoms with Crippen LogP contribution in [-0.2, 0) is 14.3 Å². The van der Waals surface area contributed by atoms with E-state index in [1.165, 1.54) is 11.1 Å². The molecule has 2 aromatic heterocycles. The van der Waals surface area contributed by atoms with Crippen LogP contribution in [0.3, 0.4) is 0 Å². The molecule has 216 valence electrons. The van der Waals surface area contributed by atoms with E-state index in [-0.39, 0.29) is 46.8 Å². The highest BCUT2D eigenvalue weighted by Crippen LogP contribution is 2.35. The number of fused-ring (bicyclic) bond motifs is 1. The highest BCUT2D eigenvalue weighted by atomic mass is 35.5. The number of furan rings is 1. The van der Waals surface area contributed by atoms with Crippen LogP contribution in [0.1, 0.15) is 46.6 Å². The topological polar surface area (TPSA) is 134 Å². The predicted octanol–water partition coefficient (Wildman–Crippen LogP) is 4.04. The molecule has 3 heterocycles. The fourth-order valence-electron chi connectivity index (χ4n) is 5.27. The van der Waals surface area contributed by atoms with Gasteiger partial charge in [-0.05, 0) is 56.0 Å². The van der Waals surface area contributed by atoms with Gasteiger partial charge in [-0.2, -0.15) is 0 Å². The molecule has 5 rings (SSSR count). The SMILES string of the molecule is CN(C)C(=O)c1ccc2oc(C(=O)Nc3ccc(Cl)cn3)c(NC(=O)C3CCC(C(=O)N4CCOCC4)CC3)c2c1. The van der Waals surface area contributed by atoms with Crippen LogP contribution in [-0.4, -0.2) is 78.8 Å². The maximum absolute atomic E-state index is 13.5. The summed E-state index contributed by atoms with van der Waals surface area (Å²) in [5.41, 5.74) is 0.897. The Morgan fingerprint density at radius 3 is 2.34 bits per heavy atom. The second kappa shape index (κ2) is 12.3. The van der Waals surface area contributed by atoms with E-state index in [1.807, 2.05) is 4.90 Å². The Bertz CT molecular complexity index is 1460. The summed E-state index contributed by atoms with van der Waals surface area (Å²) < 4.78 is 11.2. The number of hydrogen-bond donors (Lipinski definition) is 2. The number of rotatable bonds is 6. The Hall–Kier alpha value is -3.96. The molecule has 41 heavy (non-hydrogen) atoms. The quantitative estimate of drug-likeness (QED) is 0.449. The summed E-state index contributed by atoms with van der Waals surface area (Å²) in [5.74, 6) is -1.31. The lowest BCUT2D eigenvalue weighted by Gasteiger charge is -2.33. The minimum atomic E-state index is -0.619. The molecule has 12 heteroatoms. The van der Waals surface area contributed by atoms with E-state index < -0.39 is 5.91 Å². The number of halogens is 1. The number of carbonyl (C=O) groups is 4. The smallest absolute Gasteiger partial charge is 0.294 e. The van der Waals surface area contributed by atoms with Crippen molar-refractivity contribution in [3.05, 3.63) is 52.9 Å². The van der Waals surface area contributed by atoms with E-state index in [9.17, 15) is 19.2 Å². The number of amides is 4. The minimum absolute atomic E-state index is 0.111. The van der Waals surface area contributed by atoms with Crippen LogP contribution >= 0.6 is 11.6 Å². The van der Waals surface area contributed by atoms with Crippen molar-refractivity contribution in [2.24, 2.45) is 11.8 Å². The number of nitrogens with zero attached hydrogens (tertiary/aromatic N) is 3. The Kier molecular flexibility index (Phi) is 8.55. The third-order valence-electron chi connectivity index (χ3n) is 7.53. The molecule has 1 aromatic carbocycles. The van der Waals surface area contributed by atoms with Crippen molar-refractivity contribution in [3.8, 4) is 0 Å². The summed E-state index contributed by atoms with van der Waals surface area (Å²) >= 11 is 5.91. The second-order valence-corrected chi connectivity index (χ2v) is 10.9.